The summed E-state index contributed by atoms with van der Waals surface area (Å²) in [6, 6.07) is 10.9. The van der Waals surface area contributed by atoms with Crippen LogP contribution in [0.1, 0.15) is 31.4 Å². The Hall–Kier alpha value is -2.60. The smallest absolute Gasteiger partial charge is 0.329 e. The fourth-order valence-electron chi connectivity index (χ4n) is 2.75. The maximum atomic E-state index is 11.7. The van der Waals surface area contributed by atoms with E-state index in [0.29, 0.717) is 16.5 Å². The largest absolute Gasteiger partial charge is 0.455 e. The van der Waals surface area contributed by atoms with Crippen molar-refractivity contribution in [2.75, 3.05) is 0 Å². The van der Waals surface area contributed by atoms with E-state index >= 15 is 0 Å². The van der Waals surface area contributed by atoms with Gasteiger partial charge in [-0.05, 0) is 37.1 Å². The molecule has 1 aromatic carbocycles. The second-order valence-corrected chi connectivity index (χ2v) is 6.30. The molecule has 0 bridgehead atoms. The number of carbonyl (C=O) groups excluding carboxylic acids is 2. The molecule has 3 rings (SSSR count). The molecule has 2 aromatic rings. The molecule has 1 aromatic heterocycles. The molecular formula is C18H18ClN3O3. The van der Waals surface area contributed by atoms with Crippen molar-refractivity contribution in [2.45, 2.75) is 31.7 Å². The predicted molar refractivity (Wildman–Crippen MR) is 95.3 cm³/mol. The summed E-state index contributed by atoms with van der Waals surface area (Å²) in [5.41, 5.74) is 3.04. The van der Waals surface area contributed by atoms with Crippen molar-refractivity contribution < 1.29 is 14.0 Å². The zero-order chi connectivity index (χ0) is 17.6. The molecule has 6 nitrogen and oxygen atoms in total. The molecule has 0 spiro atoms. The minimum absolute atomic E-state index is 0.0903. The van der Waals surface area contributed by atoms with E-state index in [0.717, 1.165) is 31.2 Å². The second-order valence-electron chi connectivity index (χ2n) is 5.87. The Morgan fingerprint density at radius 2 is 1.96 bits per heavy atom. The number of amides is 2. The zero-order valence-electron chi connectivity index (χ0n) is 13.5. The van der Waals surface area contributed by atoms with E-state index in [9.17, 15) is 9.59 Å². The molecule has 1 fully saturated rings. The molecule has 2 amide bonds. The summed E-state index contributed by atoms with van der Waals surface area (Å²) in [5.74, 6) is -0.367. The Kier molecular flexibility index (Phi) is 5.50. The normalized spacial score (nSPS) is 14.8. The maximum absolute atomic E-state index is 11.7. The lowest BCUT2D eigenvalue weighted by molar-refractivity contribution is -0.139. The summed E-state index contributed by atoms with van der Waals surface area (Å²) in [5, 5.41) is 7.07. The molecule has 1 aliphatic carbocycles. The molecule has 0 radical (unpaired) electrons. The molecule has 25 heavy (non-hydrogen) atoms. The molecular weight excluding hydrogens is 342 g/mol. The summed E-state index contributed by atoms with van der Waals surface area (Å²) in [6.07, 6.45) is 5.34. The highest BCUT2D eigenvalue weighted by molar-refractivity contribution is 6.35. The molecule has 130 valence electrons. The molecule has 7 heteroatoms. The highest BCUT2D eigenvalue weighted by Gasteiger charge is 2.21. The quantitative estimate of drug-likeness (QED) is 0.500. The highest BCUT2D eigenvalue weighted by atomic mass is 35.5. The number of nitrogens with zero attached hydrogens (tertiary/aromatic N) is 1. The standard InChI is InChI=1S/C18H18ClN3O3/c19-13-5-3-4-12(10-13)16-9-8-15(25-16)11-20-22-18(24)17(23)21-14-6-1-2-7-14/h3-5,8-11,14H,1-2,6-7H2,(H,21,23)(H,22,24)/b20-11-. The highest BCUT2D eigenvalue weighted by Crippen LogP contribution is 2.24. The molecule has 0 aliphatic heterocycles. The van der Waals surface area contributed by atoms with Crippen molar-refractivity contribution in [3.05, 3.63) is 47.2 Å². The third-order valence-electron chi connectivity index (χ3n) is 3.99. The summed E-state index contributed by atoms with van der Waals surface area (Å²) < 4.78 is 5.61. The van der Waals surface area contributed by atoms with Gasteiger partial charge in [0, 0.05) is 16.6 Å². The van der Waals surface area contributed by atoms with Gasteiger partial charge in [-0.15, -0.1) is 0 Å². The first kappa shape index (κ1) is 17.2. The van der Waals surface area contributed by atoms with Crippen LogP contribution in [0.3, 0.4) is 0 Å². The third kappa shape index (κ3) is 4.70. The van der Waals surface area contributed by atoms with Crippen LogP contribution in [0.15, 0.2) is 45.9 Å². The summed E-state index contributed by atoms with van der Waals surface area (Å²) in [6.45, 7) is 0. The number of hydrazone groups is 1. The van der Waals surface area contributed by atoms with Gasteiger partial charge in [-0.2, -0.15) is 5.10 Å². The first-order valence-corrected chi connectivity index (χ1v) is 8.49. The van der Waals surface area contributed by atoms with E-state index in [-0.39, 0.29) is 6.04 Å². The van der Waals surface area contributed by atoms with Crippen molar-refractivity contribution in [3.63, 3.8) is 0 Å². The van der Waals surface area contributed by atoms with Gasteiger partial charge in [0.05, 0.1) is 6.21 Å². The topological polar surface area (TPSA) is 83.7 Å². The van der Waals surface area contributed by atoms with E-state index < -0.39 is 11.8 Å². The fourth-order valence-corrected chi connectivity index (χ4v) is 2.94. The average molecular weight is 360 g/mol. The van der Waals surface area contributed by atoms with Crippen LogP contribution in [0.25, 0.3) is 11.3 Å². The van der Waals surface area contributed by atoms with E-state index in [1.54, 1.807) is 24.3 Å². The van der Waals surface area contributed by atoms with E-state index in [2.05, 4.69) is 15.8 Å². The lowest BCUT2D eigenvalue weighted by Gasteiger charge is -2.09. The van der Waals surface area contributed by atoms with Crippen molar-refractivity contribution in [1.82, 2.24) is 10.7 Å². The number of carbonyl (C=O) groups is 2. The predicted octanol–water partition coefficient (Wildman–Crippen LogP) is 3.11. The minimum atomic E-state index is -0.787. The van der Waals surface area contributed by atoms with E-state index in [4.69, 9.17) is 16.0 Å². The molecule has 1 aliphatic rings. The van der Waals surface area contributed by atoms with Crippen LogP contribution in [-0.4, -0.2) is 24.1 Å². The summed E-state index contributed by atoms with van der Waals surface area (Å²) in [7, 11) is 0. The van der Waals surface area contributed by atoms with Gasteiger partial charge >= 0.3 is 11.8 Å². The molecule has 1 saturated carbocycles. The molecule has 0 atom stereocenters. The Morgan fingerprint density at radius 3 is 2.72 bits per heavy atom. The molecule has 1 heterocycles. The number of halogens is 1. The van der Waals surface area contributed by atoms with Gasteiger partial charge in [-0.3, -0.25) is 9.59 Å². The third-order valence-corrected chi connectivity index (χ3v) is 4.23. The first-order valence-electron chi connectivity index (χ1n) is 8.11. The monoisotopic (exact) mass is 359 g/mol. The Balaban J connectivity index is 1.53. The number of hydrogen-bond acceptors (Lipinski definition) is 4. The van der Waals surface area contributed by atoms with Gasteiger partial charge in [0.1, 0.15) is 11.5 Å². The van der Waals surface area contributed by atoms with Crippen molar-refractivity contribution >= 4 is 29.6 Å². The van der Waals surface area contributed by atoms with Crippen LogP contribution >= 0.6 is 11.6 Å². The van der Waals surface area contributed by atoms with Gasteiger partial charge in [-0.1, -0.05) is 36.6 Å². The van der Waals surface area contributed by atoms with Gasteiger partial charge < -0.3 is 9.73 Å². The number of hydrogen-bond donors (Lipinski definition) is 2. The van der Waals surface area contributed by atoms with Crippen molar-refractivity contribution in [2.24, 2.45) is 5.10 Å². The van der Waals surface area contributed by atoms with Gasteiger partial charge in [0.2, 0.25) is 0 Å². The number of benzene rings is 1. The Bertz CT molecular complexity index is 794. The zero-order valence-corrected chi connectivity index (χ0v) is 14.3. The van der Waals surface area contributed by atoms with Crippen LogP contribution in [0, 0.1) is 0 Å². The molecule has 0 saturated heterocycles. The van der Waals surface area contributed by atoms with Crippen molar-refractivity contribution in [1.29, 1.82) is 0 Å². The lowest BCUT2D eigenvalue weighted by atomic mass is 10.2. The number of nitrogens with one attached hydrogen (secondary N) is 2. The van der Waals surface area contributed by atoms with Crippen molar-refractivity contribution in [3.8, 4) is 11.3 Å². The van der Waals surface area contributed by atoms with Gasteiger partial charge in [-0.25, -0.2) is 5.43 Å². The van der Waals surface area contributed by atoms with Crippen LogP contribution in [0.4, 0.5) is 0 Å². The lowest BCUT2D eigenvalue weighted by Crippen LogP contribution is -2.42. The minimum Gasteiger partial charge on any atom is -0.455 e. The SMILES string of the molecule is O=C(N/N=C\c1ccc(-c2cccc(Cl)c2)o1)C(=O)NC1CCCC1. The van der Waals surface area contributed by atoms with E-state index in [1.165, 1.54) is 6.21 Å². The Labute approximate surface area is 150 Å². The maximum Gasteiger partial charge on any atom is 0.329 e. The number of rotatable bonds is 4. The fraction of sp³-hybridized carbons (Fsp3) is 0.278. The summed E-state index contributed by atoms with van der Waals surface area (Å²) >= 11 is 5.96. The molecule has 2 N–H and O–H groups in total. The second kappa shape index (κ2) is 7.98. The first-order chi connectivity index (χ1) is 12.1. The van der Waals surface area contributed by atoms with Crippen LogP contribution in [-0.2, 0) is 9.59 Å². The van der Waals surface area contributed by atoms with Gasteiger partial charge in [0.25, 0.3) is 0 Å². The number of furan rings is 1. The molecule has 0 unspecified atom stereocenters. The van der Waals surface area contributed by atoms with Crippen LogP contribution < -0.4 is 10.7 Å². The van der Waals surface area contributed by atoms with Gasteiger partial charge in [0.15, 0.2) is 0 Å². The van der Waals surface area contributed by atoms with Crippen LogP contribution in [0.5, 0.6) is 0 Å². The average Bonchev–Trinajstić information content (AvgIpc) is 3.26. The summed E-state index contributed by atoms with van der Waals surface area (Å²) in [4.78, 5) is 23.4. The Morgan fingerprint density at radius 1 is 1.16 bits per heavy atom. The van der Waals surface area contributed by atoms with E-state index in [1.807, 2.05) is 12.1 Å². The van der Waals surface area contributed by atoms with Crippen LogP contribution in [0.2, 0.25) is 5.02 Å².